The van der Waals surface area contributed by atoms with Crippen molar-refractivity contribution >= 4 is 5.97 Å². The normalized spacial score (nSPS) is 57.9. The Hall–Kier alpha value is -0.830. The van der Waals surface area contributed by atoms with Crippen LogP contribution in [0.25, 0.3) is 0 Å². The molecular formula is C30H48O3. The van der Waals surface area contributed by atoms with E-state index in [0.717, 1.165) is 31.1 Å². The quantitative estimate of drug-likeness (QED) is 0.436. The SMILES string of the molecule is C=C(C)[C@@H]1CC[C@]2(C)CC[C@]3(C)C(CCC4[C@@]5(C)CC[C@@H](O)[C@](C)(C(=O)O)C5CC[C@]43C)[C@H]12. The molecule has 0 aromatic carbocycles. The van der Waals surface area contributed by atoms with Crippen LogP contribution in [-0.4, -0.2) is 22.3 Å². The number of allylic oxidation sites excluding steroid dienone is 1. The smallest absolute Gasteiger partial charge is 0.312 e. The Morgan fingerprint density at radius 1 is 0.818 bits per heavy atom. The van der Waals surface area contributed by atoms with E-state index in [0.29, 0.717) is 29.1 Å². The molecule has 0 radical (unpaired) electrons. The van der Waals surface area contributed by atoms with Gasteiger partial charge >= 0.3 is 5.97 Å². The number of hydrogen-bond acceptors (Lipinski definition) is 2. The summed E-state index contributed by atoms with van der Waals surface area (Å²) in [6.07, 6.45) is 10.8. The Balaban J connectivity index is 1.55. The summed E-state index contributed by atoms with van der Waals surface area (Å²) in [6, 6.07) is 0. The monoisotopic (exact) mass is 456 g/mol. The molecule has 0 bridgehead atoms. The fraction of sp³-hybridized carbons (Fsp3) is 0.900. The van der Waals surface area contributed by atoms with E-state index in [1.165, 1.54) is 44.1 Å². The third-order valence-electron chi connectivity index (χ3n) is 13.6. The summed E-state index contributed by atoms with van der Waals surface area (Å²) >= 11 is 0. The van der Waals surface area contributed by atoms with Gasteiger partial charge < -0.3 is 10.2 Å². The Bertz CT molecular complexity index is 865. The zero-order valence-electron chi connectivity index (χ0n) is 22.0. The van der Waals surface area contributed by atoms with Crippen LogP contribution in [0.1, 0.15) is 106 Å². The lowest BCUT2D eigenvalue weighted by Crippen LogP contribution is -2.67. The van der Waals surface area contributed by atoms with Gasteiger partial charge in [0.2, 0.25) is 0 Å². The first-order chi connectivity index (χ1) is 15.3. The Morgan fingerprint density at radius 3 is 2.15 bits per heavy atom. The minimum Gasteiger partial charge on any atom is -0.481 e. The molecule has 3 nitrogen and oxygen atoms in total. The van der Waals surface area contributed by atoms with Crippen molar-refractivity contribution in [3.8, 4) is 0 Å². The fourth-order valence-electron chi connectivity index (χ4n) is 11.5. The maximum atomic E-state index is 12.5. The van der Waals surface area contributed by atoms with Crippen LogP contribution in [0, 0.1) is 56.7 Å². The molecule has 5 fully saturated rings. The van der Waals surface area contributed by atoms with E-state index in [2.05, 4.69) is 41.2 Å². The average Bonchev–Trinajstić information content (AvgIpc) is 3.09. The lowest BCUT2D eigenvalue weighted by Gasteiger charge is -2.72. The van der Waals surface area contributed by atoms with Crippen LogP contribution in [0.5, 0.6) is 0 Å². The lowest BCUT2D eigenvalue weighted by atomic mass is 9.32. The van der Waals surface area contributed by atoms with Gasteiger partial charge in [-0.25, -0.2) is 0 Å². The van der Waals surface area contributed by atoms with Crippen molar-refractivity contribution in [3.63, 3.8) is 0 Å². The largest absolute Gasteiger partial charge is 0.481 e. The average molecular weight is 457 g/mol. The van der Waals surface area contributed by atoms with Crippen LogP contribution in [-0.2, 0) is 4.79 Å². The number of carbonyl (C=O) groups is 1. The topological polar surface area (TPSA) is 57.5 Å². The minimum absolute atomic E-state index is 0.00245. The van der Waals surface area contributed by atoms with Crippen molar-refractivity contribution in [1.29, 1.82) is 0 Å². The van der Waals surface area contributed by atoms with Crippen LogP contribution in [0.4, 0.5) is 0 Å². The summed E-state index contributed by atoms with van der Waals surface area (Å²) < 4.78 is 0. The van der Waals surface area contributed by atoms with E-state index >= 15 is 0 Å². The van der Waals surface area contributed by atoms with Gasteiger partial charge in [0.25, 0.3) is 0 Å². The van der Waals surface area contributed by atoms with Crippen LogP contribution in [0.3, 0.4) is 0 Å². The summed E-state index contributed by atoms with van der Waals surface area (Å²) in [5.74, 6) is 2.00. The number of aliphatic hydroxyl groups excluding tert-OH is 1. The summed E-state index contributed by atoms with van der Waals surface area (Å²) in [7, 11) is 0. The number of aliphatic hydroxyl groups is 1. The number of hydrogen-bond donors (Lipinski definition) is 2. The van der Waals surface area contributed by atoms with Gasteiger partial charge in [-0.05, 0) is 129 Å². The van der Waals surface area contributed by atoms with E-state index in [1.807, 2.05) is 6.92 Å². The third-order valence-corrected chi connectivity index (χ3v) is 13.6. The van der Waals surface area contributed by atoms with Gasteiger partial charge in [0.05, 0.1) is 11.5 Å². The fourth-order valence-corrected chi connectivity index (χ4v) is 11.5. The molecule has 0 aromatic heterocycles. The van der Waals surface area contributed by atoms with Crippen molar-refractivity contribution in [2.24, 2.45) is 56.7 Å². The van der Waals surface area contributed by atoms with Gasteiger partial charge in [0, 0.05) is 0 Å². The highest BCUT2D eigenvalue weighted by Gasteiger charge is 2.71. The molecule has 3 heteroatoms. The molecular weight excluding hydrogens is 408 g/mol. The molecule has 0 saturated heterocycles. The molecule has 3 unspecified atom stereocenters. The second-order valence-corrected chi connectivity index (χ2v) is 14.5. The summed E-state index contributed by atoms with van der Waals surface area (Å²) in [5.41, 5.74) is 1.39. The second-order valence-electron chi connectivity index (χ2n) is 14.5. The van der Waals surface area contributed by atoms with Crippen LogP contribution < -0.4 is 0 Å². The second kappa shape index (κ2) is 7.11. The molecule has 2 N–H and O–H groups in total. The number of carboxylic acids is 1. The van der Waals surface area contributed by atoms with E-state index in [4.69, 9.17) is 0 Å². The molecule has 0 spiro atoms. The predicted octanol–water partition coefficient (Wildman–Crippen LogP) is 7.09. The third kappa shape index (κ3) is 2.75. The van der Waals surface area contributed by atoms with Crippen molar-refractivity contribution in [3.05, 3.63) is 12.2 Å². The van der Waals surface area contributed by atoms with Crippen molar-refractivity contribution < 1.29 is 15.0 Å². The molecule has 0 aromatic rings. The first-order valence-electron chi connectivity index (χ1n) is 13.8. The van der Waals surface area contributed by atoms with Gasteiger partial charge in [-0.3, -0.25) is 4.79 Å². The van der Waals surface area contributed by atoms with E-state index in [-0.39, 0.29) is 16.7 Å². The number of rotatable bonds is 2. The molecule has 186 valence electrons. The van der Waals surface area contributed by atoms with E-state index < -0.39 is 17.5 Å². The highest BCUT2D eigenvalue weighted by atomic mass is 16.4. The summed E-state index contributed by atoms with van der Waals surface area (Å²) in [5, 5.41) is 21.1. The van der Waals surface area contributed by atoms with Gasteiger partial charge in [0.1, 0.15) is 0 Å². The number of aliphatic carboxylic acids is 1. The van der Waals surface area contributed by atoms with Crippen molar-refractivity contribution in [1.82, 2.24) is 0 Å². The summed E-state index contributed by atoms with van der Waals surface area (Å²) in [6.45, 7) is 18.8. The lowest BCUT2D eigenvalue weighted by molar-refractivity contribution is -0.250. The molecule has 5 aliphatic rings. The molecule has 5 rings (SSSR count). The highest BCUT2D eigenvalue weighted by Crippen LogP contribution is 2.77. The number of fused-ring (bicyclic) bond motifs is 7. The van der Waals surface area contributed by atoms with Gasteiger partial charge in [-0.1, -0.05) is 39.8 Å². The molecule has 5 saturated carbocycles. The standard InChI is InChI=1S/C30H48O3/c1-18(2)19-10-13-26(3)16-17-28(5)20(24(19)26)8-9-21-27(4)14-12-23(31)30(7,25(32)33)22(27)11-15-29(21,28)6/h19-24,31H,1,8-17H2,2-7H3,(H,32,33)/t19-,20?,21?,22?,23+,24-,26+,27+,28+,29+,30+/m0/s1. The minimum atomic E-state index is -1.02. The van der Waals surface area contributed by atoms with Gasteiger partial charge in [0.15, 0.2) is 0 Å². The van der Waals surface area contributed by atoms with Gasteiger partial charge in [-0.15, -0.1) is 0 Å². The molecule has 33 heavy (non-hydrogen) atoms. The van der Waals surface area contributed by atoms with Crippen LogP contribution in [0.2, 0.25) is 0 Å². The number of carboxylic acid groups (broad SMARTS) is 1. The Kier molecular flexibility index (Phi) is 5.15. The molecule has 0 aliphatic heterocycles. The van der Waals surface area contributed by atoms with E-state index in [1.54, 1.807) is 0 Å². The first-order valence-corrected chi connectivity index (χ1v) is 13.8. The van der Waals surface area contributed by atoms with Gasteiger partial charge in [-0.2, -0.15) is 0 Å². The summed E-state index contributed by atoms with van der Waals surface area (Å²) in [4.78, 5) is 12.5. The van der Waals surface area contributed by atoms with E-state index in [9.17, 15) is 15.0 Å². The van der Waals surface area contributed by atoms with Crippen LogP contribution in [0.15, 0.2) is 12.2 Å². The molecule has 0 heterocycles. The van der Waals surface area contributed by atoms with Crippen molar-refractivity contribution in [2.45, 2.75) is 112 Å². The Labute approximate surface area is 201 Å². The molecule has 0 amide bonds. The van der Waals surface area contributed by atoms with Crippen LogP contribution >= 0.6 is 0 Å². The van der Waals surface area contributed by atoms with Crippen molar-refractivity contribution in [2.75, 3.05) is 0 Å². The maximum Gasteiger partial charge on any atom is 0.312 e. The molecule has 5 aliphatic carbocycles. The Morgan fingerprint density at radius 2 is 1.52 bits per heavy atom. The highest BCUT2D eigenvalue weighted by molar-refractivity contribution is 5.76. The predicted molar refractivity (Wildman–Crippen MR) is 133 cm³/mol. The molecule has 11 atom stereocenters. The zero-order chi connectivity index (χ0) is 24.2. The first kappa shape index (κ1) is 23.9. The maximum absolute atomic E-state index is 12.5. The zero-order valence-corrected chi connectivity index (χ0v) is 22.0.